The molecular formula is C19H23N5O2S2. The third kappa shape index (κ3) is 4.53. The minimum Gasteiger partial charge on any atom is -0.274 e. The van der Waals surface area contributed by atoms with E-state index in [0.29, 0.717) is 22.6 Å². The molecule has 1 aromatic carbocycles. The first-order valence-corrected chi connectivity index (χ1v) is 11.0. The van der Waals surface area contributed by atoms with Crippen LogP contribution in [0.3, 0.4) is 0 Å². The summed E-state index contributed by atoms with van der Waals surface area (Å²) in [6.07, 6.45) is 1.81. The Bertz CT molecular complexity index is 990. The molecule has 0 spiro atoms. The monoisotopic (exact) mass is 417 g/mol. The molecule has 0 aliphatic carbocycles. The molecule has 0 bridgehead atoms. The second-order valence-corrected chi connectivity index (χ2v) is 8.03. The van der Waals surface area contributed by atoms with E-state index in [9.17, 15) is 9.59 Å². The molecule has 0 unspecified atom stereocenters. The average molecular weight is 418 g/mol. The Hall–Kier alpha value is -2.39. The molecule has 0 fully saturated rings. The summed E-state index contributed by atoms with van der Waals surface area (Å²) in [7, 11) is 0. The maximum Gasteiger partial charge on any atom is 0.343 e. The standard InChI is InChI=1S/C19H23N5O2S2/c1-4-10-23-17(26)21-22-19(23)28-12-15-11-27-18(20-15)24(13(3)25)16-8-6-14(5-2)7-9-16/h6-9,11H,4-5,10,12H2,1-3H3,(H,21,26). The number of aromatic amines is 1. The van der Waals surface area contributed by atoms with Gasteiger partial charge in [-0.15, -0.1) is 16.4 Å². The summed E-state index contributed by atoms with van der Waals surface area (Å²) >= 11 is 2.89. The Balaban J connectivity index is 1.76. The Kier molecular flexibility index (Phi) is 6.69. The summed E-state index contributed by atoms with van der Waals surface area (Å²) in [4.78, 5) is 30.3. The molecule has 7 nitrogen and oxygen atoms in total. The van der Waals surface area contributed by atoms with E-state index in [2.05, 4.69) is 22.1 Å². The molecule has 0 saturated heterocycles. The molecule has 148 valence electrons. The van der Waals surface area contributed by atoms with E-state index in [1.54, 1.807) is 9.47 Å². The fourth-order valence-corrected chi connectivity index (χ4v) is 4.60. The van der Waals surface area contributed by atoms with Gasteiger partial charge in [-0.2, -0.15) is 0 Å². The van der Waals surface area contributed by atoms with Crippen LogP contribution in [-0.4, -0.2) is 25.7 Å². The number of rotatable bonds is 8. The minimum absolute atomic E-state index is 0.0816. The molecule has 0 atom stereocenters. The van der Waals surface area contributed by atoms with Crippen molar-refractivity contribution < 1.29 is 4.79 Å². The van der Waals surface area contributed by atoms with Crippen molar-refractivity contribution in [1.82, 2.24) is 19.7 Å². The number of hydrogen-bond acceptors (Lipinski definition) is 6. The van der Waals surface area contributed by atoms with Gasteiger partial charge in [0.2, 0.25) is 5.91 Å². The van der Waals surface area contributed by atoms with Crippen molar-refractivity contribution in [2.75, 3.05) is 4.90 Å². The van der Waals surface area contributed by atoms with Crippen molar-refractivity contribution in [2.24, 2.45) is 0 Å². The third-order valence-corrected chi connectivity index (χ3v) is 6.05. The van der Waals surface area contributed by atoms with Gasteiger partial charge in [0.15, 0.2) is 10.3 Å². The predicted octanol–water partition coefficient (Wildman–Crippen LogP) is 3.98. The molecule has 3 rings (SSSR count). The zero-order valence-corrected chi connectivity index (χ0v) is 17.8. The quantitative estimate of drug-likeness (QED) is 0.561. The van der Waals surface area contributed by atoms with Crippen LogP contribution in [0.2, 0.25) is 0 Å². The van der Waals surface area contributed by atoms with E-state index >= 15 is 0 Å². The maximum absolute atomic E-state index is 12.2. The number of aryl methyl sites for hydroxylation is 1. The van der Waals surface area contributed by atoms with Crippen LogP contribution in [0, 0.1) is 0 Å². The van der Waals surface area contributed by atoms with Gasteiger partial charge in [0.25, 0.3) is 0 Å². The van der Waals surface area contributed by atoms with E-state index in [1.807, 2.05) is 36.6 Å². The molecule has 1 N–H and O–H groups in total. The van der Waals surface area contributed by atoms with E-state index in [0.717, 1.165) is 24.2 Å². The smallest absolute Gasteiger partial charge is 0.274 e. The number of H-pyrrole nitrogens is 1. The van der Waals surface area contributed by atoms with Gasteiger partial charge in [0, 0.05) is 24.6 Å². The Morgan fingerprint density at radius 2 is 2.04 bits per heavy atom. The van der Waals surface area contributed by atoms with Gasteiger partial charge in [0.1, 0.15) is 0 Å². The topological polar surface area (TPSA) is 83.9 Å². The van der Waals surface area contributed by atoms with Gasteiger partial charge in [0.05, 0.1) is 11.4 Å². The highest BCUT2D eigenvalue weighted by Gasteiger charge is 2.18. The Labute approximate surface area is 171 Å². The zero-order chi connectivity index (χ0) is 20.1. The molecular weight excluding hydrogens is 394 g/mol. The lowest BCUT2D eigenvalue weighted by Crippen LogP contribution is -2.22. The van der Waals surface area contributed by atoms with E-state index in [-0.39, 0.29) is 11.6 Å². The maximum atomic E-state index is 12.2. The number of hydrogen-bond donors (Lipinski definition) is 1. The molecule has 28 heavy (non-hydrogen) atoms. The number of thiazole rings is 1. The number of carbonyl (C=O) groups excluding carboxylic acids is 1. The number of aromatic nitrogens is 4. The van der Waals surface area contributed by atoms with Crippen molar-refractivity contribution in [2.45, 2.75) is 51.1 Å². The zero-order valence-electron chi connectivity index (χ0n) is 16.1. The van der Waals surface area contributed by atoms with Gasteiger partial charge in [-0.25, -0.2) is 14.9 Å². The molecule has 0 aliphatic rings. The van der Waals surface area contributed by atoms with Crippen molar-refractivity contribution in [3.63, 3.8) is 0 Å². The highest BCUT2D eigenvalue weighted by atomic mass is 32.2. The highest BCUT2D eigenvalue weighted by molar-refractivity contribution is 7.98. The average Bonchev–Trinajstić information content (AvgIpc) is 3.28. The molecule has 9 heteroatoms. The summed E-state index contributed by atoms with van der Waals surface area (Å²) < 4.78 is 1.63. The number of anilines is 2. The van der Waals surface area contributed by atoms with Gasteiger partial charge < -0.3 is 0 Å². The summed E-state index contributed by atoms with van der Waals surface area (Å²) in [5.74, 6) is 0.493. The van der Waals surface area contributed by atoms with Gasteiger partial charge >= 0.3 is 5.69 Å². The van der Waals surface area contributed by atoms with E-state index in [1.165, 1.54) is 35.6 Å². The van der Waals surface area contributed by atoms with Gasteiger partial charge in [-0.1, -0.05) is 37.7 Å². The second-order valence-electron chi connectivity index (χ2n) is 6.25. The van der Waals surface area contributed by atoms with Crippen LogP contribution in [-0.2, 0) is 23.5 Å². The van der Waals surface area contributed by atoms with Crippen LogP contribution >= 0.6 is 23.1 Å². The SMILES string of the molecule is CCCn1c(SCc2csc(N(C(C)=O)c3ccc(CC)cc3)n2)n[nH]c1=O. The largest absolute Gasteiger partial charge is 0.343 e. The molecule has 2 heterocycles. The molecule has 3 aromatic rings. The van der Waals surface area contributed by atoms with Crippen molar-refractivity contribution in [3.8, 4) is 0 Å². The molecule has 0 aliphatic heterocycles. The lowest BCUT2D eigenvalue weighted by atomic mass is 10.1. The first-order chi connectivity index (χ1) is 13.5. The van der Waals surface area contributed by atoms with E-state index in [4.69, 9.17) is 0 Å². The van der Waals surface area contributed by atoms with Crippen LogP contribution in [0.25, 0.3) is 0 Å². The lowest BCUT2D eigenvalue weighted by molar-refractivity contribution is -0.115. The predicted molar refractivity (Wildman–Crippen MR) is 113 cm³/mol. The first kappa shape index (κ1) is 20.3. The van der Waals surface area contributed by atoms with Gasteiger partial charge in [-0.3, -0.25) is 14.3 Å². The van der Waals surface area contributed by atoms with Crippen LogP contribution in [0.15, 0.2) is 39.6 Å². The Morgan fingerprint density at radius 3 is 2.68 bits per heavy atom. The fraction of sp³-hybridized carbons (Fsp3) is 0.368. The molecule has 0 radical (unpaired) electrons. The van der Waals surface area contributed by atoms with E-state index < -0.39 is 0 Å². The summed E-state index contributed by atoms with van der Waals surface area (Å²) in [5, 5.41) is 9.81. The van der Waals surface area contributed by atoms with Gasteiger partial charge in [-0.05, 0) is 30.5 Å². The Morgan fingerprint density at radius 1 is 1.29 bits per heavy atom. The normalized spacial score (nSPS) is 11.0. The number of carbonyl (C=O) groups is 1. The molecule has 2 aromatic heterocycles. The number of nitrogens with one attached hydrogen (secondary N) is 1. The molecule has 1 amide bonds. The number of benzene rings is 1. The number of thioether (sulfide) groups is 1. The summed E-state index contributed by atoms with van der Waals surface area (Å²) in [5.41, 5.74) is 2.68. The summed E-state index contributed by atoms with van der Waals surface area (Å²) in [6.45, 7) is 6.29. The highest BCUT2D eigenvalue weighted by Crippen LogP contribution is 2.31. The van der Waals surface area contributed by atoms with Crippen LogP contribution < -0.4 is 10.6 Å². The van der Waals surface area contributed by atoms with Crippen LogP contribution in [0.4, 0.5) is 10.8 Å². The first-order valence-electron chi connectivity index (χ1n) is 9.15. The van der Waals surface area contributed by atoms with Crippen molar-refractivity contribution in [1.29, 1.82) is 0 Å². The van der Waals surface area contributed by atoms with Crippen molar-refractivity contribution in [3.05, 3.63) is 51.4 Å². The van der Waals surface area contributed by atoms with Crippen LogP contribution in [0.1, 0.15) is 38.4 Å². The van der Waals surface area contributed by atoms with Crippen LogP contribution in [0.5, 0.6) is 0 Å². The molecule has 0 saturated carbocycles. The number of nitrogens with zero attached hydrogens (tertiary/aromatic N) is 4. The second kappa shape index (κ2) is 9.20. The summed E-state index contributed by atoms with van der Waals surface area (Å²) in [6, 6.07) is 7.95. The number of amides is 1. The van der Waals surface area contributed by atoms with Crippen molar-refractivity contribution >= 4 is 39.8 Å². The lowest BCUT2D eigenvalue weighted by Gasteiger charge is -2.18. The third-order valence-electron chi connectivity index (χ3n) is 4.17. The minimum atomic E-state index is -0.193. The fourth-order valence-electron chi connectivity index (χ4n) is 2.75.